The van der Waals surface area contributed by atoms with Gasteiger partial charge in [0.1, 0.15) is 28.4 Å². The van der Waals surface area contributed by atoms with Gasteiger partial charge < -0.3 is 0 Å². The van der Waals surface area contributed by atoms with Crippen LogP contribution in [0.1, 0.15) is 11.1 Å². The predicted octanol–water partition coefficient (Wildman–Crippen LogP) is 8.67. The second-order valence-electron chi connectivity index (χ2n) is 7.52. The molecule has 0 saturated heterocycles. The third-order valence-corrected chi connectivity index (χ3v) is 6.50. The molecule has 0 fully saturated rings. The summed E-state index contributed by atoms with van der Waals surface area (Å²) in [5, 5.41) is 0.776. The zero-order valence-electron chi connectivity index (χ0n) is 18.1. The largest absolute Gasteiger partial charge is 0.255 e. The number of pyridine rings is 3. The van der Waals surface area contributed by atoms with Crippen molar-refractivity contribution in [1.82, 2.24) is 15.0 Å². The van der Waals surface area contributed by atoms with E-state index in [4.69, 9.17) is 34.8 Å². The lowest BCUT2D eigenvalue weighted by Gasteiger charge is -2.10. The molecule has 0 saturated carbocycles. The molecule has 2 aromatic carbocycles. The molecule has 35 heavy (non-hydrogen) atoms. The molecule has 5 rings (SSSR count). The van der Waals surface area contributed by atoms with Crippen LogP contribution in [0.3, 0.4) is 0 Å². The molecule has 5 aromatic rings. The quantitative estimate of drug-likeness (QED) is 0.158. The lowest BCUT2D eigenvalue weighted by molar-refractivity contribution is 0.590. The molecule has 0 N–H and O–H groups in total. The lowest BCUT2D eigenvalue weighted by atomic mass is 10.1. The molecule has 0 amide bonds. The highest BCUT2D eigenvalue weighted by Gasteiger charge is 2.17. The van der Waals surface area contributed by atoms with E-state index in [1.54, 1.807) is 32.2 Å². The predicted molar refractivity (Wildman–Crippen MR) is 131 cm³/mol. The SMILES string of the molecule is Cc1c(-c2ccccn2)nc2cc(F)cc(F)c2c1Cl.Cc1c(Cl)nc2cc(F)cc(F)c2c1Cl. The molecular weight excluding hydrogens is 525 g/mol. The van der Waals surface area contributed by atoms with Crippen LogP contribution in [0, 0.1) is 37.1 Å². The van der Waals surface area contributed by atoms with Crippen LogP contribution >= 0.6 is 34.8 Å². The zero-order valence-corrected chi connectivity index (χ0v) is 20.4. The van der Waals surface area contributed by atoms with Crippen molar-refractivity contribution in [1.29, 1.82) is 0 Å². The Hall–Kier alpha value is -3.00. The van der Waals surface area contributed by atoms with Crippen molar-refractivity contribution < 1.29 is 17.6 Å². The number of hydrogen-bond donors (Lipinski definition) is 0. The smallest absolute Gasteiger partial charge is 0.137 e. The minimum Gasteiger partial charge on any atom is -0.255 e. The van der Waals surface area contributed by atoms with Crippen LogP contribution in [0.15, 0.2) is 48.7 Å². The Labute approximate surface area is 212 Å². The van der Waals surface area contributed by atoms with Crippen LogP contribution in [0.4, 0.5) is 17.6 Å². The van der Waals surface area contributed by atoms with E-state index in [1.165, 1.54) is 0 Å². The van der Waals surface area contributed by atoms with Gasteiger partial charge in [0.2, 0.25) is 0 Å². The maximum Gasteiger partial charge on any atom is 0.137 e. The van der Waals surface area contributed by atoms with Crippen molar-refractivity contribution in [2.45, 2.75) is 13.8 Å². The average Bonchev–Trinajstić information content (AvgIpc) is 2.80. The fourth-order valence-electron chi connectivity index (χ4n) is 3.45. The van der Waals surface area contributed by atoms with Crippen LogP contribution in [-0.2, 0) is 0 Å². The van der Waals surface area contributed by atoms with Crippen molar-refractivity contribution in [2.75, 3.05) is 0 Å². The monoisotopic (exact) mass is 537 g/mol. The summed E-state index contributed by atoms with van der Waals surface area (Å²) in [6, 6.07) is 9.19. The lowest BCUT2D eigenvalue weighted by Crippen LogP contribution is -1.96. The minimum absolute atomic E-state index is 0.0972. The van der Waals surface area contributed by atoms with Gasteiger partial charge >= 0.3 is 0 Å². The number of nitrogens with zero attached hydrogens (tertiary/aromatic N) is 3. The molecule has 0 atom stereocenters. The van der Waals surface area contributed by atoms with E-state index in [0.29, 0.717) is 22.5 Å². The Morgan fingerprint density at radius 3 is 1.77 bits per heavy atom. The molecule has 3 aromatic heterocycles. The molecular formula is C25H14Cl3F4N3. The van der Waals surface area contributed by atoms with E-state index < -0.39 is 23.3 Å². The molecule has 10 heteroatoms. The summed E-state index contributed by atoms with van der Waals surface area (Å²) in [5.74, 6) is -2.84. The molecule has 0 spiro atoms. The van der Waals surface area contributed by atoms with Crippen molar-refractivity contribution in [3.8, 4) is 11.4 Å². The first-order chi connectivity index (χ1) is 16.6. The fourth-order valence-corrected chi connectivity index (χ4v) is 4.23. The molecule has 3 heterocycles. The van der Waals surface area contributed by atoms with Crippen LogP contribution in [-0.4, -0.2) is 15.0 Å². The zero-order chi connectivity index (χ0) is 25.4. The van der Waals surface area contributed by atoms with Gasteiger partial charge in [-0.05, 0) is 31.5 Å². The van der Waals surface area contributed by atoms with Gasteiger partial charge in [0.25, 0.3) is 0 Å². The Bertz CT molecular complexity index is 1600. The summed E-state index contributed by atoms with van der Waals surface area (Å²) < 4.78 is 53.5. The van der Waals surface area contributed by atoms with Crippen molar-refractivity contribution in [2.24, 2.45) is 0 Å². The minimum atomic E-state index is -0.734. The maximum absolute atomic E-state index is 13.8. The van der Waals surface area contributed by atoms with Gasteiger partial charge in [-0.25, -0.2) is 27.5 Å². The molecule has 0 aliphatic rings. The highest BCUT2D eigenvalue weighted by Crippen LogP contribution is 2.34. The number of fused-ring (bicyclic) bond motifs is 2. The highest BCUT2D eigenvalue weighted by atomic mass is 35.5. The molecule has 0 radical (unpaired) electrons. The maximum atomic E-state index is 13.8. The van der Waals surface area contributed by atoms with Crippen molar-refractivity contribution in [3.05, 3.63) is 98.3 Å². The van der Waals surface area contributed by atoms with Crippen molar-refractivity contribution in [3.63, 3.8) is 0 Å². The Morgan fingerprint density at radius 2 is 1.23 bits per heavy atom. The third kappa shape index (κ3) is 4.89. The van der Waals surface area contributed by atoms with Gasteiger partial charge in [-0.2, -0.15) is 0 Å². The molecule has 0 aliphatic carbocycles. The van der Waals surface area contributed by atoms with E-state index in [2.05, 4.69) is 15.0 Å². The van der Waals surface area contributed by atoms with E-state index in [9.17, 15) is 17.6 Å². The van der Waals surface area contributed by atoms with E-state index in [-0.39, 0.29) is 37.0 Å². The fraction of sp³-hybridized carbons (Fsp3) is 0.0800. The molecule has 178 valence electrons. The summed E-state index contributed by atoms with van der Waals surface area (Å²) in [7, 11) is 0. The topological polar surface area (TPSA) is 38.7 Å². The van der Waals surface area contributed by atoms with Gasteiger partial charge in [-0.1, -0.05) is 40.9 Å². The Morgan fingerprint density at radius 1 is 0.686 bits per heavy atom. The standard InChI is InChI=1S/C15H9ClF2N2.C10H5Cl2F2N/c1-8-14(16)13-10(18)6-9(17)7-12(13)20-15(8)11-4-2-3-5-19-11;1-4-9(11)8-6(14)2-5(13)3-7(8)15-10(4)12/h2-7H,1H3;2-3H,1H3. The first-order valence-corrected chi connectivity index (χ1v) is 11.2. The van der Waals surface area contributed by atoms with Gasteiger partial charge in [0.05, 0.1) is 43.2 Å². The molecule has 0 aliphatic heterocycles. The number of rotatable bonds is 1. The van der Waals surface area contributed by atoms with Crippen LogP contribution in [0.2, 0.25) is 15.2 Å². The summed E-state index contributed by atoms with van der Waals surface area (Å²) >= 11 is 17.9. The van der Waals surface area contributed by atoms with Gasteiger partial charge in [-0.3, -0.25) is 4.98 Å². The third-order valence-electron chi connectivity index (χ3n) is 5.19. The second kappa shape index (κ2) is 9.93. The normalized spacial score (nSPS) is 11.0. The van der Waals surface area contributed by atoms with Gasteiger partial charge in [0, 0.05) is 36.0 Å². The van der Waals surface area contributed by atoms with Gasteiger partial charge in [-0.15, -0.1) is 0 Å². The first-order valence-electron chi connectivity index (χ1n) is 10.0. The summed E-state index contributed by atoms with van der Waals surface area (Å²) in [6.07, 6.45) is 1.63. The van der Waals surface area contributed by atoms with E-state index >= 15 is 0 Å². The number of hydrogen-bond acceptors (Lipinski definition) is 3. The van der Waals surface area contributed by atoms with Gasteiger partial charge in [0.15, 0.2) is 0 Å². The molecule has 0 unspecified atom stereocenters. The van der Waals surface area contributed by atoms with Crippen LogP contribution in [0.5, 0.6) is 0 Å². The Balaban J connectivity index is 0.000000172. The number of benzene rings is 2. The first kappa shape index (κ1) is 25.1. The molecule has 0 bridgehead atoms. The highest BCUT2D eigenvalue weighted by molar-refractivity contribution is 6.39. The van der Waals surface area contributed by atoms with Crippen molar-refractivity contribution >= 4 is 56.6 Å². The Kier molecular flexibility index (Phi) is 7.12. The van der Waals surface area contributed by atoms with E-state index in [1.807, 2.05) is 6.07 Å². The summed E-state index contributed by atoms with van der Waals surface area (Å²) in [4.78, 5) is 12.4. The summed E-state index contributed by atoms with van der Waals surface area (Å²) in [6.45, 7) is 3.36. The average molecular weight is 539 g/mol. The number of halogens is 7. The van der Waals surface area contributed by atoms with Crippen LogP contribution in [0.25, 0.3) is 33.2 Å². The number of aromatic nitrogens is 3. The second-order valence-corrected chi connectivity index (χ2v) is 8.63. The van der Waals surface area contributed by atoms with E-state index in [0.717, 1.165) is 24.3 Å². The molecule has 3 nitrogen and oxygen atoms in total. The van der Waals surface area contributed by atoms with Crippen LogP contribution < -0.4 is 0 Å². The summed E-state index contributed by atoms with van der Waals surface area (Å²) in [5.41, 5.74) is 2.53.